The maximum atomic E-state index is 11.5. The fourth-order valence-corrected chi connectivity index (χ4v) is 2.32. The van der Waals surface area contributed by atoms with Crippen LogP contribution in [0.4, 0.5) is 0 Å². The van der Waals surface area contributed by atoms with Crippen LogP contribution in [0.15, 0.2) is 36.4 Å². The van der Waals surface area contributed by atoms with Crippen molar-refractivity contribution in [1.29, 1.82) is 0 Å². The maximum Gasteiger partial charge on any atom is 0.374 e. The van der Waals surface area contributed by atoms with Crippen molar-refractivity contribution < 1.29 is 19.1 Å². The van der Waals surface area contributed by atoms with Crippen molar-refractivity contribution in [2.24, 2.45) is 0 Å². The van der Waals surface area contributed by atoms with E-state index in [2.05, 4.69) is 10.8 Å². The van der Waals surface area contributed by atoms with Gasteiger partial charge in [0.05, 0.1) is 13.7 Å². The Morgan fingerprint density at radius 2 is 1.77 bits per heavy atom. The Morgan fingerprint density at radius 3 is 2.50 bits per heavy atom. The lowest BCUT2D eigenvalue weighted by atomic mass is 10.0. The molecule has 116 valence electrons. The lowest BCUT2D eigenvalue weighted by molar-refractivity contribution is -0.153. The minimum atomic E-state index is -0.729. The molecule has 0 aliphatic rings. The zero-order valence-electron chi connectivity index (χ0n) is 12.9. The van der Waals surface area contributed by atoms with E-state index in [1.54, 1.807) is 14.0 Å². The van der Waals surface area contributed by atoms with Gasteiger partial charge in [-0.15, -0.1) is 0 Å². The molecule has 4 nitrogen and oxygen atoms in total. The topological polar surface area (TPSA) is 52.6 Å². The molecule has 2 rings (SSSR count). The number of ketones is 1. The van der Waals surface area contributed by atoms with Gasteiger partial charge in [0.15, 0.2) is 0 Å². The van der Waals surface area contributed by atoms with E-state index < -0.39 is 11.8 Å². The number of rotatable bonds is 7. The number of carbonyl (C=O) groups is 2. The number of ether oxygens (including phenoxy) is 2. The SMILES string of the molecule is CCOC(=O)C(=O)CCCc1ccc2cc(OC)ccc2c1. The molecule has 0 heterocycles. The van der Waals surface area contributed by atoms with Crippen LogP contribution in [0.5, 0.6) is 5.75 Å². The molecular weight excluding hydrogens is 280 g/mol. The first-order chi connectivity index (χ1) is 10.6. The summed E-state index contributed by atoms with van der Waals surface area (Å²) in [4.78, 5) is 22.8. The number of methoxy groups -OCH3 is 1. The summed E-state index contributed by atoms with van der Waals surface area (Å²) >= 11 is 0. The molecule has 2 aromatic rings. The molecule has 0 saturated heterocycles. The number of hydrogen-bond donors (Lipinski definition) is 0. The summed E-state index contributed by atoms with van der Waals surface area (Å²) in [5.74, 6) is -0.347. The van der Waals surface area contributed by atoms with E-state index in [-0.39, 0.29) is 13.0 Å². The molecule has 0 spiro atoms. The van der Waals surface area contributed by atoms with Gasteiger partial charge < -0.3 is 9.47 Å². The van der Waals surface area contributed by atoms with Gasteiger partial charge in [-0.05, 0) is 48.2 Å². The predicted octanol–water partition coefficient (Wildman–Crippen LogP) is 3.30. The number of carbonyl (C=O) groups excluding carboxylic acids is 2. The fourth-order valence-electron chi connectivity index (χ4n) is 2.32. The second-order valence-corrected chi connectivity index (χ2v) is 5.04. The molecule has 0 aliphatic heterocycles. The number of esters is 1. The molecular formula is C18H20O4. The molecule has 0 amide bonds. The van der Waals surface area contributed by atoms with Gasteiger partial charge in [0, 0.05) is 6.42 Å². The average molecular weight is 300 g/mol. The van der Waals surface area contributed by atoms with Gasteiger partial charge in [0.1, 0.15) is 5.75 Å². The van der Waals surface area contributed by atoms with E-state index >= 15 is 0 Å². The minimum Gasteiger partial charge on any atom is -0.497 e. The highest BCUT2D eigenvalue weighted by Crippen LogP contribution is 2.22. The average Bonchev–Trinajstić information content (AvgIpc) is 2.54. The summed E-state index contributed by atoms with van der Waals surface area (Å²) < 4.78 is 9.89. The number of fused-ring (bicyclic) bond motifs is 1. The highest BCUT2D eigenvalue weighted by Gasteiger charge is 2.13. The van der Waals surface area contributed by atoms with Crippen LogP contribution in [0.25, 0.3) is 10.8 Å². The molecule has 0 atom stereocenters. The Morgan fingerprint density at radius 1 is 1.05 bits per heavy atom. The van der Waals surface area contributed by atoms with Crippen LogP contribution in [0.3, 0.4) is 0 Å². The normalized spacial score (nSPS) is 10.5. The van der Waals surface area contributed by atoms with Crippen molar-refractivity contribution in [2.45, 2.75) is 26.2 Å². The summed E-state index contributed by atoms with van der Waals surface area (Å²) in [7, 11) is 1.65. The molecule has 0 aromatic heterocycles. The molecule has 0 aliphatic carbocycles. The van der Waals surface area contributed by atoms with Crippen LogP contribution in [0, 0.1) is 0 Å². The van der Waals surface area contributed by atoms with E-state index in [0.717, 1.165) is 28.5 Å². The minimum absolute atomic E-state index is 0.222. The van der Waals surface area contributed by atoms with E-state index in [1.165, 1.54) is 0 Å². The summed E-state index contributed by atoms with van der Waals surface area (Å²) in [5, 5.41) is 2.25. The Balaban J connectivity index is 1.95. The Kier molecular flexibility index (Phi) is 5.53. The van der Waals surface area contributed by atoms with Gasteiger partial charge in [-0.25, -0.2) is 4.79 Å². The summed E-state index contributed by atoms with van der Waals surface area (Å²) in [6.07, 6.45) is 1.62. The molecule has 0 bridgehead atoms. The van der Waals surface area contributed by atoms with Gasteiger partial charge >= 0.3 is 5.97 Å². The van der Waals surface area contributed by atoms with Crippen molar-refractivity contribution in [1.82, 2.24) is 0 Å². The molecule has 0 unspecified atom stereocenters. The predicted molar refractivity (Wildman–Crippen MR) is 85.1 cm³/mol. The number of benzene rings is 2. The standard InChI is InChI=1S/C18H20O4/c1-3-22-18(20)17(19)6-4-5-13-7-8-15-12-16(21-2)10-9-14(15)11-13/h7-12H,3-6H2,1-2H3. The van der Waals surface area contributed by atoms with Crippen molar-refractivity contribution in [3.05, 3.63) is 42.0 Å². The van der Waals surface area contributed by atoms with E-state index in [9.17, 15) is 9.59 Å². The molecule has 4 heteroatoms. The second-order valence-electron chi connectivity index (χ2n) is 5.04. The molecule has 22 heavy (non-hydrogen) atoms. The van der Waals surface area contributed by atoms with Crippen LogP contribution in [0.1, 0.15) is 25.3 Å². The Hall–Kier alpha value is -2.36. The first kappa shape index (κ1) is 16.0. The Bertz CT molecular complexity index is 676. The number of Topliss-reactive ketones (excluding diaryl/α,β-unsaturated/α-hetero) is 1. The highest BCUT2D eigenvalue weighted by atomic mass is 16.5. The number of aryl methyl sites for hydroxylation is 1. The third-order valence-corrected chi connectivity index (χ3v) is 3.48. The third-order valence-electron chi connectivity index (χ3n) is 3.48. The van der Waals surface area contributed by atoms with E-state index in [0.29, 0.717) is 6.42 Å². The van der Waals surface area contributed by atoms with Crippen LogP contribution in [0.2, 0.25) is 0 Å². The van der Waals surface area contributed by atoms with Gasteiger partial charge in [-0.1, -0.05) is 24.3 Å². The molecule has 0 N–H and O–H groups in total. The molecule has 0 fully saturated rings. The maximum absolute atomic E-state index is 11.5. The van der Waals surface area contributed by atoms with Gasteiger partial charge in [0.25, 0.3) is 0 Å². The molecule has 0 radical (unpaired) electrons. The van der Waals surface area contributed by atoms with Gasteiger partial charge in [-0.3, -0.25) is 4.79 Å². The largest absolute Gasteiger partial charge is 0.497 e. The fraction of sp³-hybridized carbons (Fsp3) is 0.333. The monoisotopic (exact) mass is 300 g/mol. The number of hydrogen-bond acceptors (Lipinski definition) is 4. The lowest BCUT2D eigenvalue weighted by Gasteiger charge is -2.06. The lowest BCUT2D eigenvalue weighted by Crippen LogP contribution is -2.17. The molecule has 2 aromatic carbocycles. The van der Waals surface area contributed by atoms with Crippen LogP contribution in [-0.2, 0) is 20.7 Å². The van der Waals surface area contributed by atoms with Gasteiger partial charge in [0.2, 0.25) is 5.78 Å². The zero-order chi connectivity index (χ0) is 15.9. The van der Waals surface area contributed by atoms with E-state index in [4.69, 9.17) is 4.74 Å². The summed E-state index contributed by atoms with van der Waals surface area (Å²) in [6, 6.07) is 12.1. The first-order valence-electron chi connectivity index (χ1n) is 7.40. The van der Waals surface area contributed by atoms with Crippen molar-refractivity contribution >= 4 is 22.5 Å². The van der Waals surface area contributed by atoms with Crippen LogP contribution in [-0.4, -0.2) is 25.5 Å². The summed E-state index contributed by atoms with van der Waals surface area (Å²) in [5.41, 5.74) is 1.15. The Labute approximate surface area is 130 Å². The van der Waals surface area contributed by atoms with E-state index in [1.807, 2.05) is 30.3 Å². The summed E-state index contributed by atoms with van der Waals surface area (Å²) in [6.45, 7) is 1.92. The van der Waals surface area contributed by atoms with Gasteiger partial charge in [-0.2, -0.15) is 0 Å². The third kappa shape index (κ3) is 4.07. The quantitative estimate of drug-likeness (QED) is 0.581. The van der Waals surface area contributed by atoms with Crippen molar-refractivity contribution in [2.75, 3.05) is 13.7 Å². The van der Waals surface area contributed by atoms with Crippen molar-refractivity contribution in [3.8, 4) is 5.75 Å². The van der Waals surface area contributed by atoms with Crippen LogP contribution < -0.4 is 4.74 Å². The molecule has 0 saturated carbocycles. The van der Waals surface area contributed by atoms with Crippen molar-refractivity contribution in [3.63, 3.8) is 0 Å². The first-order valence-corrected chi connectivity index (χ1v) is 7.40. The zero-order valence-corrected chi connectivity index (χ0v) is 12.9. The smallest absolute Gasteiger partial charge is 0.374 e. The second kappa shape index (κ2) is 7.59. The van der Waals surface area contributed by atoms with Crippen LogP contribution >= 0.6 is 0 Å². The highest BCUT2D eigenvalue weighted by molar-refractivity contribution is 6.33.